The summed E-state index contributed by atoms with van der Waals surface area (Å²) in [4.78, 5) is 37.0. The van der Waals surface area contributed by atoms with Crippen molar-refractivity contribution in [3.05, 3.63) is 24.3 Å². The lowest BCUT2D eigenvalue weighted by atomic mass is 10.1. The van der Waals surface area contributed by atoms with Gasteiger partial charge in [0, 0.05) is 30.8 Å². The molecular formula is C17H22N2O4. The molecule has 0 saturated carbocycles. The van der Waals surface area contributed by atoms with Crippen LogP contribution in [-0.4, -0.2) is 30.9 Å². The monoisotopic (exact) mass is 318 g/mol. The third-order valence-electron chi connectivity index (χ3n) is 3.68. The highest BCUT2D eigenvalue weighted by Gasteiger charge is 2.35. The van der Waals surface area contributed by atoms with Gasteiger partial charge < -0.3 is 15.0 Å². The number of benzene rings is 1. The molecule has 6 nitrogen and oxygen atoms in total. The Morgan fingerprint density at radius 3 is 2.57 bits per heavy atom. The SMILES string of the molecule is CCCC(=O)Nc1ccc(N2CC(C(=O)OCC)CC2=O)cc1. The highest BCUT2D eigenvalue weighted by molar-refractivity contribution is 5.99. The first kappa shape index (κ1) is 17.0. The van der Waals surface area contributed by atoms with Gasteiger partial charge in [-0.05, 0) is 37.6 Å². The molecule has 1 aliphatic heterocycles. The maximum atomic E-state index is 12.1. The van der Waals surface area contributed by atoms with Crippen molar-refractivity contribution in [3.8, 4) is 0 Å². The Morgan fingerprint density at radius 2 is 1.96 bits per heavy atom. The summed E-state index contributed by atoms with van der Waals surface area (Å²) in [6, 6.07) is 7.06. The molecule has 1 N–H and O–H groups in total. The quantitative estimate of drug-likeness (QED) is 0.817. The molecule has 0 bridgehead atoms. The summed E-state index contributed by atoms with van der Waals surface area (Å²) in [7, 11) is 0. The fourth-order valence-corrected chi connectivity index (χ4v) is 2.55. The minimum absolute atomic E-state index is 0.0279. The first-order valence-corrected chi connectivity index (χ1v) is 7.92. The van der Waals surface area contributed by atoms with Crippen molar-refractivity contribution in [3.63, 3.8) is 0 Å². The minimum Gasteiger partial charge on any atom is -0.466 e. The minimum atomic E-state index is -0.411. The Hall–Kier alpha value is -2.37. The summed E-state index contributed by atoms with van der Waals surface area (Å²) >= 11 is 0. The molecule has 2 rings (SSSR count). The van der Waals surface area contributed by atoms with Gasteiger partial charge in [-0.3, -0.25) is 14.4 Å². The summed E-state index contributed by atoms with van der Waals surface area (Å²) < 4.78 is 4.98. The van der Waals surface area contributed by atoms with E-state index in [1.54, 1.807) is 36.1 Å². The molecule has 23 heavy (non-hydrogen) atoms. The predicted octanol–water partition coefficient (Wildman–Crippen LogP) is 2.34. The molecule has 0 radical (unpaired) electrons. The van der Waals surface area contributed by atoms with Gasteiger partial charge in [-0.25, -0.2) is 0 Å². The topological polar surface area (TPSA) is 75.7 Å². The Kier molecular flexibility index (Phi) is 5.73. The van der Waals surface area contributed by atoms with Gasteiger partial charge >= 0.3 is 5.97 Å². The normalized spacial score (nSPS) is 17.2. The van der Waals surface area contributed by atoms with Crippen LogP contribution in [0.3, 0.4) is 0 Å². The van der Waals surface area contributed by atoms with E-state index < -0.39 is 5.92 Å². The van der Waals surface area contributed by atoms with E-state index in [1.807, 2.05) is 6.92 Å². The number of nitrogens with one attached hydrogen (secondary N) is 1. The zero-order chi connectivity index (χ0) is 16.8. The van der Waals surface area contributed by atoms with Crippen LogP contribution in [0.25, 0.3) is 0 Å². The molecule has 1 aromatic carbocycles. The van der Waals surface area contributed by atoms with E-state index in [1.165, 1.54) is 0 Å². The molecule has 124 valence electrons. The molecule has 1 aliphatic rings. The summed E-state index contributed by atoms with van der Waals surface area (Å²) in [5.74, 6) is -0.858. The number of amides is 2. The summed E-state index contributed by atoms with van der Waals surface area (Å²) in [5, 5.41) is 2.80. The Bertz CT molecular complexity index is 583. The van der Waals surface area contributed by atoms with Crippen molar-refractivity contribution < 1.29 is 19.1 Å². The standard InChI is InChI=1S/C17H22N2O4/c1-3-5-15(20)18-13-6-8-14(9-7-13)19-11-12(10-16(19)21)17(22)23-4-2/h6-9,12H,3-5,10-11H2,1-2H3,(H,18,20). The summed E-state index contributed by atoms with van der Waals surface area (Å²) in [6.45, 7) is 4.34. The number of carbonyl (C=O) groups excluding carboxylic acids is 3. The molecule has 0 aromatic heterocycles. The van der Waals surface area contributed by atoms with E-state index in [0.29, 0.717) is 25.3 Å². The van der Waals surface area contributed by atoms with Gasteiger partial charge in [-0.15, -0.1) is 0 Å². The van der Waals surface area contributed by atoms with Crippen LogP contribution in [0.15, 0.2) is 24.3 Å². The number of carbonyl (C=O) groups is 3. The van der Waals surface area contributed by atoms with E-state index in [0.717, 1.165) is 12.1 Å². The summed E-state index contributed by atoms with van der Waals surface area (Å²) in [5.41, 5.74) is 1.41. The van der Waals surface area contributed by atoms with Crippen LogP contribution in [-0.2, 0) is 19.1 Å². The Balaban J connectivity index is 2.00. The molecule has 1 aromatic rings. The van der Waals surface area contributed by atoms with Crippen LogP contribution >= 0.6 is 0 Å². The number of nitrogens with zero attached hydrogens (tertiary/aromatic N) is 1. The van der Waals surface area contributed by atoms with Crippen molar-refractivity contribution in [1.82, 2.24) is 0 Å². The van der Waals surface area contributed by atoms with Gasteiger partial charge in [0.25, 0.3) is 0 Å². The van der Waals surface area contributed by atoms with Crippen LogP contribution in [0.1, 0.15) is 33.1 Å². The van der Waals surface area contributed by atoms with Gasteiger partial charge in [-0.1, -0.05) is 6.92 Å². The van der Waals surface area contributed by atoms with Gasteiger partial charge in [0.1, 0.15) is 0 Å². The van der Waals surface area contributed by atoms with E-state index in [4.69, 9.17) is 4.74 Å². The first-order valence-electron chi connectivity index (χ1n) is 7.92. The lowest BCUT2D eigenvalue weighted by Gasteiger charge is -2.17. The van der Waals surface area contributed by atoms with Crippen LogP contribution in [0, 0.1) is 5.92 Å². The first-order chi connectivity index (χ1) is 11.0. The second-order valence-corrected chi connectivity index (χ2v) is 5.50. The zero-order valence-corrected chi connectivity index (χ0v) is 13.5. The van der Waals surface area contributed by atoms with Gasteiger partial charge in [0.2, 0.25) is 11.8 Å². The molecule has 1 heterocycles. The van der Waals surface area contributed by atoms with E-state index >= 15 is 0 Å². The smallest absolute Gasteiger partial charge is 0.311 e. The molecule has 1 fully saturated rings. The molecule has 1 saturated heterocycles. The molecule has 1 unspecified atom stereocenters. The van der Waals surface area contributed by atoms with Crippen LogP contribution in [0.4, 0.5) is 11.4 Å². The largest absolute Gasteiger partial charge is 0.466 e. The highest BCUT2D eigenvalue weighted by atomic mass is 16.5. The fraction of sp³-hybridized carbons (Fsp3) is 0.471. The lowest BCUT2D eigenvalue weighted by molar-refractivity contribution is -0.147. The average Bonchev–Trinajstić information content (AvgIpc) is 2.91. The third-order valence-corrected chi connectivity index (χ3v) is 3.68. The van der Waals surface area contributed by atoms with Gasteiger partial charge in [0.15, 0.2) is 0 Å². The average molecular weight is 318 g/mol. The van der Waals surface area contributed by atoms with Crippen molar-refractivity contribution >= 4 is 29.2 Å². The van der Waals surface area contributed by atoms with E-state index in [-0.39, 0.29) is 24.2 Å². The molecule has 0 aliphatic carbocycles. The van der Waals surface area contributed by atoms with Crippen molar-refractivity contribution in [2.24, 2.45) is 5.92 Å². The summed E-state index contributed by atoms with van der Waals surface area (Å²) in [6.07, 6.45) is 1.45. The molecular weight excluding hydrogens is 296 g/mol. The third kappa shape index (κ3) is 4.31. The van der Waals surface area contributed by atoms with Crippen LogP contribution < -0.4 is 10.2 Å². The van der Waals surface area contributed by atoms with Crippen molar-refractivity contribution in [1.29, 1.82) is 0 Å². The van der Waals surface area contributed by atoms with E-state index in [9.17, 15) is 14.4 Å². The lowest BCUT2D eigenvalue weighted by Crippen LogP contribution is -2.26. The molecule has 1 atom stereocenters. The van der Waals surface area contributed by atoms with Gasteiger partial charge in [-0.2, -0.15) is 0 Å². The number of ether oxygens (including phenoxy) is 1. The van der Waals surface area contributed by atoms with E-state index in [2.05, 4.69) is 5.32 Å². The fourth-order valence-electron chi connectivity index (χ4n) is 2.55. The number of rotatable bonds is 6. The number of hydrogen-bond acceptors (Lipinski definition) is 4. The Labute approximate surface area is 135 Å². The van der Waals surface area contributed by atoms with Crippen molar-refractivity contribution in [2.75, 3.05) is 23.4 Å². The second kappa shape index (κ2) is 7.76. The molecule has 2 amide bonds. The number of esters is 1. The molecule has 6 heteroatoms. The van der Waals surface area contributed by atoms with Gasteiger partial charge in [0.05, 0.1) is 12.5 Å². The van der Waals surface area contributed by atoms with Crippen LogP contribution in [0.5, 0.6) is 0 Å². The number of hydrogen-bond donors (Lipinski definition) is 1. The second-order valence-electron chi connectivity index (χ2n) is 5.50. The molecule has 0 spiro atoms. The zero-order valence-electron chi connectivity index (χ0n) is 13.5. The maximum Gasteiger partial charge on any atom is 0.311 e. The maximum absolute atomic E-state index is 12.1. The number of anilines is 2. The van der Waals surface area contributed by atoms with Crippen LogP contribution in [0.2, 0.25) is 0 Å². The van der Waals surface area contributed by atoms with Crippen molar-refractivity contribution in [2.45, 2.75) is 33.1 Å². The highest BCUT2D eigenvalue weighted by Crippen LogP contribution is 2.27. The Morgan fingerprint density at radius 1 is 1.26 bits per heavy atom. The predicted molar refractivity (Wildman–Crippen MR) is 87.1 cm³/mol.